The van der Waals surface area contributed by atoms with Crippen molar-refractivity contribution in [2.24, 2.45) is 0 Å². The normalized spacial score (nSPS) is 19.6. The predicted octanol–water partition coefficient (Wildman–Crippen LogP) is 2.22. The molecule has 2 N–H and O–H groups in total. The third-order valence-electron chi connectivity index (χ3n) is 3.36. The standard InChI is InChI=1S/C13H24N2O3/c1-2-3-4-6-9-14-13(18)15-10-7-5-8-11(15)12(16)17/h11H,2-10H2,1H3,(H,14,18)(H,16,17). The van der Waals surface area contributed by atoms with Crippen molar-refractivity contribution in [3.05, 3.63) is 0 Å². The lowest BCUT2D eigenvalue weighted by atomic mass is 10.0. The van der Waals surface area contributed by atoms with Crippen LogP contribution in [-0.4, -0.2) is 41.1 Å². The number of carboxylic acids is 1. The molecule has 0 aliphatic carbocycles. The van der Waals surface area contributed by atoms with Crippen LogP contribution in [0.1, 0.15) is 51.9 Å². The number of nitrogens with zero attached hydrogens (tertiary/aromatic N) is 1. The van der Waals surface area contributed by atoms with E-state index in [2.05, 4.69) is 12.2 Å². The number of nitrogens with one attached hydrogen (secondary N) is 1. The lowest BCUT2D eigenvalue weighted by Crippen LogP contribution is -2.52. The highest BCUT2D eigenvalue weighted by Crippen LogP contribution is 2.17. The molecule has 1 saturated heterocycles. The van der Waals surface area contributed by atoms with Crippen LogP contribution in [0, 0.1) is 0 Å². The van der Waals surface area contributed by atoms with Crippen LogP contribution in [0.5, 0.6) is 0 Å². The minimum absolute atomic E-state index is 0.224. The zero-order chi connectivity index (χ0) is 13.4. The lowest BCUT2D eigenvalue weighted by molar-refractivity contribution is -0.143. The topological polar surface area (TPSA) is 69.6 Å². The molecule has 1 unspecified atom stereocenters. The van der Waals surface area contributed by atoms with Crippen molar-refractivity contribution in [3.63, 3.8) is 0 Å². The van der Waals surface area contributed by atoms with E-state index in [0.29, 0.717) is 19.5 Å². The lowest BCUT2D eigenvalue weighted by Gasteiger charge is -2.32. The Labute approximate surface area is 109 Å². The number of carbonyl (C=O) groups is 2. The summed E-state index contributed by atoms with van der Waals surface area (Å²) in [5.74, 6) is -0.893. The zero-order valence-corrected chi connectivity index (χ0v) is 11.2. The summed E-state index contributed by atoms with van der Waals surface area (Å²) in [5, 5.41) is 11.9. The van der Waals surface area contributed by atoms with E-state index in [0.717, 1.165) is 25.7 Å². The summed E-state index contributed by atoms with van der Waals surface area (Å²) in [6.07, 6.45) is 6.77. The molecule has 2 amide bonds. The van der Waals surface area contributed by atoms with E-state index in [1.54, 1.807) is 0 Å². The van der Waals surface area contributed by atoms with Crippen molar-refractivity contribution in [2.75, 3.05) is 13.1 Å². The molecule has 104 valence electrons. The van der Waals surface area contributed by atoms with Gasteiger partial charge < -0.3 is 15.3 Å². The zero-order valence-electron chi connectivity index (χ0n) is 11.2. The van der Waals surface area contributed by atoms with Crippen molar-refractivity contribution in [1.29, 1.82) is 0 Å². The van der Waals surface area contributed by atoms with E-state index < -0.39 is 12.0 Å². The molecule has 0 aromatic heterocycles. The molecule has 0 aromatic carbocycles. The number of amides is 2. The summed E-state index contributed by atoms with van der Waals surface area (Å²) < 4.78 is 0. The van der Waals surface area contributed by atoms with Crippen molar-refractivity contribution in [3.8, 4) is 0 Å². The number of carbonyl (C=O) groups excluding carboxylic acids is 1. The van der Waals surface area contributed by atoms with Crippen molar-refractivity contribution in [2.45, 2.75) is 57.9 Å². The molecule has 5 heteroatoms. The average Bonchev–Trinajstić information content (AvgIpc) is 2.38. The van der Waals surface area contributed by atoms with E-state index in [1.165, 1.54) is 17.7 Å². The van der Waals surface area contributed by atoms with E-state index in [9.17, 15) is 9.59 Å². The maximum atomic E-state index is 11.9. The Kier molecular flexibility index (Phi) is 6.54. The molecule has 0 saturated carbocycles. The Morgan fingerprint density at radius 1 is 1.28 bits per heavy atom. The molecule has 0 radical (unpaired) electrons. The number of rotatable bonds is 6. The number of urea groups is 1. The van der Waals surface area contributed by atoms with E-state index >= 15 is 0 Å². The monoisotopic (exact) mass is 256 g/mol. The SMILES string of the molecule is CCCCCCNC(=O)N1CCCCC1C(=O)O. The number of carboxylic acid groups (broad SMARTS) is 1. The molecule has 1 fully saturated rings. The third-order valence-corrected chi connectivity index (χ3v) is 3.36. The van der Waals surface area contributed by atoms with Gasteiger partial charge in [0.15, 0.2) is 0 Å². The fraction of sp³-hybridized carbons (Fsp3) is 0.846. The van der Waals surface area contributed by atoms with Gasteiger partial charge in [-0.15, -0.1) is 0 Å². The quantitative estimate of drug-likeness (QED) is 0.716. The van der Waals surface area contributed by atoms with Gasteiger partial charge in [0.25, 0.3) is 0 Å². The van der Waals surface area contributed by atoms with Gasteiger partial charge in [0.1, 0.15) is 6.04 Å². The van der Waals surface area contributed by atoms with Gasteiger partial charge in [-0.25, -0.2) is 9.59 Å². The summed E-state index contributed by atoms with van der Waals surface area (Å²) in [4.78, 5) is 24.4. The number of likely N-dealkylation sites (tertiary alicyclic amines) is 1. The second kappa shape index (κ2) is 7.95. The van der Waals surface area contributed by atoms with Crippen LogP contribution in [0.4, 0.5) is 4.79 Å². The van der Waals surface area contributed by atoms with Gasteiger partial charge in [0, 0.05) is 13.1 Å². The molecule has 0 bridgehead atoms. The minimum Gasteiger partial charge on any atom is -0.480 e. The first-order valence-electron chi connectivity index (χ1n) is 6.94. The molecule has 1 heterocycles. The highest BCUT2D eigenvalue weighted by Gasteiger charge is 2.31. The molecule has 0 spiro atoms. The van der Waals surface area contributed by atoms with Crippen LogP contribution in [0.2, 0.25) is 0 Å². The van der Waals surface area contributed by atoms with Crippen LogP contribution < -0.4 is 5.32 Å². The first-order chi connectivity index (χ1) is 8.66. The minimum atomic E-state index is -0.893. The van der Waals surface area contributed by atoms with Gasteiger partial charge >= 0.3 is 12.0 Å². The maximum Gasteiger partial charge on any atom is 0.326 e. The maximum absolute atomic E-state index is 11.9. The smallest absolute Gasteiger partial charge is 0.326 e. The van der Waals surface area contributed by atoms with Crippen LogP contribution in [0.15, 0.2) is 0 Å². The Hall–Kier alpha value is -1.26. The number of piperidine rings is 1. The number of aliphatic carboxylic acids is 1. The Bertz CT molecular complexity index is 281. The molecular weight excluding hydrogens is 232 g/mol. The highest BCUT2D eigenvalue weighted by molar-refractivity contribution is 5.82. The molecule has 1 rings (SSSR count). The Morgan fingerprint density at radius 2 is 2.06 bits per heavy atom. The van der Waals surface area contributed by atoms with Crippen LogP contribution in [0.3, 0.4) is 0 Å². The largest absolute Gasteiger partial charge is 0.480 e. The first-order valence-corrected chi connectivity index (χ1v) is 6.94. The van der Waals surface area contributed by atoms with Gasteiger partial charge in [-0.2, -0.15) is 0 Å². The second-order valence-electron chi connectivity index (χ2n) is 4.84. The van der Waals surface area contributed by atoms with Crippen molar-refractivity contribution >= 4 is 12.0 Å². The summed E-state index contributed by atoms with van der Waals surface area (Å²) in [6.45, 7) is 3.34. The highest BCUT2D eigenvalue weighted by atomic mass is 16.4. The van der Waals surface area contributed by atoms with E-state index in [4.69, 9.17) is 5.11 Å². The fourth-order valence-corrected chi connectivity index (χ4v) is 2.28. The summed E-state index contributed by atoms with van der Waals surface area (Å²) in [7, 11) is 0. The third kappa shape index (κ3) is 4.55. The molecule has 1 atom stereocenters. The molecule has 1 aliphatic rings. The molecule has 1 aliphatic heterocycles. The van der Waals surface area contributed by atoms with E-state index in [1.807, 2.05) is 0 Å². The molecular formula is C13H24N2O3. The molecule has 0 aromatic rings. The molecule has 18 heavy (non-hydrogen) atoms. The van der Waals surface area contributed by atoms with Gasteiger partial charge in [0.2, 0.25) is 0 Å². The number of hydrogen-bond acceptors (Lipinski definition) is 2. The predicted molar refractivity (Wildman–Crippen MR) is 69.5 cm³/mol. The fourth-order valence-electron chi connectivity index (χ4n) is 2.28. The van der Waals surface area contributed by atoms with Gasteiger partial charge in [0.05, 0.1) is 0 Å². The van der Waals surface area contributed by atoms with Gasteiger partial charge in [-0.1, -0.05) is 26.2 Å². The first kappa shape index (κ1) is 14.8. The summed E-state index contributed by atoms with van der Waals surface area (Å²) in [5.41, 5.74) is 0. The summed E-state index contributed by atoms with van der Waals surface area (Å²) in [6, 6.07) is -0.868. The molecule has 5 nitrogen and oxygen atoms in total. The van der Waals surface area contributed by atoms with Crippen LogP contribution in [0.25, 0.3) is 0 Å². The number of unbranched alkanes of at least 4 members (excludes halogenated alkanes) is 3. The number of hydrogen-bond donors (Lipinski definition) is 2. The second-order valence-corrected chi connectivity index (χ2v) is 4.84. The van der Waals surface area contributed by atoms with E-state index in [-0.39, 0.29) is 6.03 Å². The van der Waals surface area contributed by atoms with Crippen LogP contribution >= 0.6 is 0 Å². The Balaban J connectivity index is 2.32. The van der Waals surface area contributed by atoms with Crippen molar-refractivity contribution in [1.82, 2.24) is 10.2 Å². The van der Waals surface area contributed by atoms with Gasteiger partial charge in [-0.3, -0.25) is 0 Å². The summed E-state index contributed by atoms with van der Waals surface area (Å²) >= 11 is 0. The Morgan fingerprint density at radius 3 is 2.72 bits per heavy atom. The average molecular weight is 256 g/mol. The van der Waals surface area contributed by atoms with Crippen LogP contribution in [-0.2, 0) is 4.79 Å². The van der Waals surface area contributed by atoms with Gasteiger partial charge in [-0.05, 0) is 25.7 Å². The van der Waals surface area contributed by atoms with Crippen molar-refractivity contribution < 1.29 is 14.7 Å².